The van der Waals surface area contributed by atoms with E-state index in [0.29, 0.717) is 0 Å². The van der Waals surface area contributed by atoms with E-state index < -0.39 is 35.8 Å². The van der Waals surface area contributed by atoms with Crippen molar-refractivity contribution in [3.05, 3.63) is 130 Å². The fraction of sp³-hybridized carbons (Fsp3) is 0.118. The molecule has 0 N–H and O–H groups in total. The molecule has 4 aromatic rings. The van der Waals surface area contributed by atoms with Crippen molar-refractivity contribution in [1.29, 1.82) is 0 Å². The third kappa shape index (κ3) is 7.80. The largest absolute Gasteiger partial charge is 0.513 e. The fourth-order valence-corrected chi connectivity index (χ4v) is 4.13. The molecule has 12 heteroatoms. The molecule has 0 aliphatic rings. The average Bonchev–Trinajstić information content (AvgIpc) is 3.07. The zero-order chi connectivity index (χ0) is 33.1. The number of carbonyl (C=O) groups excluding carboxylic acids is 6. The van der Waals surface area contributed by atoms with E-state index in [4.69, 9.17) is 28.7 Å². The van der Waals surface area contributed by atoms with E-state index in [0.717, 1.165) is 0 Å². The van der Waals surface area contributed by atoms with Crippen LogP contribution in [0.1, 0.15) is 66.4 Å². The number of rotatable bonds is 10. The van der Waals surface area contributed by atoms with Gasteiger partial charge in [-0.2, -0.15) is 0 Å². The first-order chi connectivity index (χ1) is 22.2. The molecule has 0 saturated heterocycles. The maximum atomic E-state index is 13.5. The van der Waals surface area contributed by atoms with Gasteiger partial charge in [-0.1, -0.05) is 60.7 Å². The summed E-state index contributed by atoms with van der Waals surface area (Å²) in [5.41, 5.74) is -0.907. The molecule has 4 rings (SSSR count). The Kier molecular flexibility index (Phi) is 10.9. The molecular formula is C34H26O12. The standard InChI is InChI=1S/C34H26O12/c1-3-41-33(39)43-27-19-11-9-17-25(27)29(35)21-13-5-7-15-23(21)31(37)45-46-32(38)24-16-8-6-14-22(24)30(36)26-18-10-12-20-28(26)44-34(40)42-4-2/h5-20H,3-4H2,1-2H3. The van der Waals surface area contributed by atoms with Crippen LogP contribution in [0.2, 0.25) is 0 Å². The van der Waals surface area contributed by atoms with Crippen LogP contribution in [0.25, 0.3) is 0 Å². The number of para-hydroxylation sites is 2. The molecule has 0 heterocycles. The minimum absolute atomic E-state index is 0.0487. The van der Waals surface area contributed by atoms with Crippen LogP contribution in [0.15, 0.2) is 97.1 Å². The number of carbonyl (C=O) groups is 6. The molecule has 12 nitrogen and oxygen atoms in total. The van der Waals surface area contributed by atoms with Crippen LogP contribution in [0, 0.1) is 0 Å². The highest BCUT2D eigenvalue weighted by Crippen LogP contribution is 2.26. The van der Waals surface area contributed by atoms with Crippen molar-refractivity contribution in [3.8, 4) is 11.5 Å². The van der Waals surface area contributed by atoms with Gasteiger partial charge in [0.15, 0.2) is 11.6 Å². The second kappa shape index (κ2) is 15.4. The summed E-state index contributed by atoms with van der Waals surface area (Å²) >= 11 is 0. The number of hydrogen-bond donors (Lipinski definition) is 0. The monoisotopic (exact) mass is 626 g/mol. The Labute approximate surface area is 262 Å². The number of benzene rings is 4. The van der Waals surface area contributed by atoms with Gasteiger partial charge in [0.25, 0.3) is 0 Å². The molecule has 0 aromatic heterocycles. The fourth-order valence-electron chi connectivity index (χ4n) is 4.13. The quantitative estimate of drug-likeness (QED) is 0.0651. The molecule has 0 amide bonds. The van der Waals surface area contributed by atoms with E-state index in [2.05, 4.69) is 0 Å². The van der Waals surface area contributed by atoms with Gasteiger partial charge in [0.2, 0.25) is 0 Å². The Bertz CT molecular complexity index is 1660. The van der Waals surface area contributed by atoms with E-state index in [-0.39, 0.29) is 58.1 Å². The van der Waals surface area contributed by atoms with Gasteiger partial charge >= 0.3 is 24.2 Å². The highest BCUT2D eigenvalue weighted by atomic mass is 17.2. The molecule has 0 fully saturated rings. The molecule has 234 valence electrons. The van der Waals surface area contributed by atoms with E-state index >= 15 is 0 Å². The van der Waals surface area contributed by atoms with Crippen LogP contribution in [0.4, 0.5) is 9.59 Å². The highest BCUT2D eigenvalue weighted by molar-refractivity contribution is 6.17. The summed E-state index contributed by atoms with van der Waals surface area (Å²) in [6.45, 7) is 3.29. The smallest absolute Gasteiger partial charge is 0.434 e. The summed E-state index contributed by atoms with van der Waals surface area (Å²) in [7, 11) is 0. The summed E-state index contributed by atoms with van der Waals surface area (Å²) in [6.07, 6.45) is -2.03. The third-order valence-electron chi connectivity index (χ3n) is 6.15. The Morgan fingerprint density at radius 1 is 0.435 bits per heavy atom. The first kappa shape index (κ1) is 32.6. The number of ether oxygens (including phenoxy) is 4. The van der Waals surface area contributed by atoms with Gasteiger partial charge in [-0.25, -0.2) is 29.0 Å². The first-order valence-electron chi connectivity index (χ1n) is 13.8. The molecule has 0 bridgehead atoms. The zero-order valence-corrected chi connectivity index (χ0v) is 24.6. The molecule has 0 spiro atoms. The average molecular weight is 627 g/mol. The predicted molar refractivity (Wildman–Crippen MR) is 159 cm³/mol. The van der Waals surface area contributed by atoms with Gasteiger partial charge in [0, 0.05) is 11.1 Å². The van der Waals surface area contributed by atoms with Crippen molar-refractivity contribution in [1.82, 2.24) is 0 Å². The minimum Gasteiger partial charge on any atom is -0.434 e. The van der Waals surface area contributed by atoms with Crippen LogP contribution in [0.5, 0.6) is 11.5 Å². The van der Waals surface area contributed by atoms with Crippen molar-refractivity contribution in [2.75, 3.05) is 13.2 Å². The van der Waals surface area contributed by atoms with E-state index in [1.807, 2.05) is 0 Å². The number of ketones is 2. The Morgan fingerprint density at radius 2 is 0.739 bits per heavy atom. The first-order valence-corrected chi connectivity index (χ1v) is 13.8. The van der Waals surface area contributed by atoms with Gasteiger partial charge < -0.3 is 18.9 Å². The lowest BCUT2D eigenvalue weighted by atomic mass is 9.97. The lowest BCUT2D eigenvalue weighted by molar-refractivity contribution is -0.187. The Hall–Kier alpha value is -6.30. The summed E-state index contributed by atoms with van der Waals surface area (Å²) in [4.78, 5) is 86.3. The summed E-state index contributed by atoms with van der Waals surface area (Å²) < 4.78 is 19.8. The topological polar surface area (TPSA) is 158 Å². The van der Waals surface area contributed by atoms with Gasteiger partial charge in [-0.15, -0.1) is 0 Å². The molecule has 0 radical (unpaired) electrons. The van der Waals surface area contributed by atoms with Gasteiger partial charge in [-0.3, -0.25) is 9.59 Å². The van der Waals surface area contributed by atoms with Crippen molar-refractivity contribution in [3.63, 3.8) is 0 Å². The lowest BCUT2D eigenvalue weighted by Gasteiger charge is -2.12. The van der Waals surface area contributed by atoms with Crippen molar-refractivity contribution in [2.24, 2.45) is 0 Å². The predicted octanol–water partition coefficient (Wildman–Crippen LogP) is 6.15. The van der Waals surface area contributed by atoms with Crippen LogP contribution in [-0.2, 0) is 19.2 Å². The summed E-state index contributed by atoms with van der Waals surface area (Å²) in [5, 5.41) is 0. The molecule has 0 aliphatic carbocycles. The Balaban J connectivity index is 1.53. The second-order valence-corrected chi connectivity index (χ2v) is 9.05. The Morgan fingerprint density at radius 3 is 1.09 bits per heavy atom. The van der Waals surface area contributed by atoms with Crippen molar-refractivity contribution < 1.29 is 57.5 Å². The van der Waals surface area contributed by atoms with E-state index in [1.54, 1.807) is 26.0 Å². The maximum absolute atomic E-state index is 13.5. The van der Waals surface area contributed by atoms with Crippen molar-refractivity contribution >= 4 is 35.8 Å². The van der Waals surface area contributed by atoms with E-state index in [9.17, 15) is 28.8 Å². The molecular weight excluding hydrogens is 600 g/mol. The van der Waals surface area contributed by atoms with E-state index in [1.165, 1.54) is 84.9 Å². The molecule has 0 saturated carbocycles. The van der Waals surface area contributed by atoms with Crippen molar-refractivity contribution in [2.45, 2.75) is 13.8 Å². The van der Waals surface area contributed by atoms with Crippen LogP contribution in [-0.4, -0.2) is 49.0 Å². The molecule has 0 aliphatic heterocycles. The second-order valence-electron chi connectivity index (χ2n) is 9.05. The highest BCUT2D eigenvalue weighted by Gasteiger charge is 2.27. The SMILES string of the molecule is CCOC(=O)Oc1ccccc1C(=O)c1ccccc1C(=O)OOC(=O)c1ccccc1C(=O)c1ccccc1OC(=O)OCC. The van der Waals surface area contributed by atoms with Crippen LogP contribution < -0.4 is 9.47 Å². The maximum Gasteiger partial charge on any atom is 0.513 e. The normalized spacial score (nSPS) is 10.2. The van der Waals surface area contributed by atoms with Gasteiger partial charge in [0.1, 0.15) is 11.5 Å². The molecule has 46 heavy (non-hydrogen) atoms. The van der Waals surface area contributed by atoms with Crippen LogP contribution in [0.3, 0.4) is 0 Å². The zero-order valence-electron chi connectivity index (χ0n) is 24.6. The molecule has 4 aromatic carbocycles. The van der Waals surface area contributed by atoms with Gasteiger partial charge in [-0.05, 0) is 50.2 Å². The summed E-state index contributed by atoms with van der Waals surface area (Å²) in [5.74, 6) is -3.99. The number of hydrogen-bond acceptors (Lipinski definition) is 12. The molecule has 0 atom stereocenters. The molecule has 0 unspecified atom stereocenters. The lowest BCUT2D eigenvalue weighted by Crippen LogP contribution is -2.18. The van der Waals surface area contributed by atoms with Gasteiger partial charge in [0.05, 0.1) is 35.5 Å². The summed E-state index contributed by atoms with van der Waals surface area (Å²) in [6, 6.07) is 22.8. The van der Waals surface area contributed by atoms with Crippen LogP contribution >= 0.6 is 0 Å². The minimum atomic E-state index is -1.20. The third-order valence-corrected chi connectivity index (χ3v) is 6.15.